The van der Waals surface area contributed by atoms with Crippen LogP contribution in [0.3, 0.4) is 0 Å². The van der Waals surface area contributed by atoms with Crippen molar-refractivity contribution in [1.29, 1.82) is 0 Å². The smallest absolute Gasteiger partial charge is 0.161 e. The third-order valence-electron chi connectivity index (χ3n) is 2.90. The Morgan fingerprint density at radius 1 is 1.16 bits per heavy atom. The quantitative estimate of drug-likeness (QED) is 0.839. The second-order valence-corrected chi connectivity index (χ2v) is 6.21. The monoisotopic (exact) mass is 367 g/mol. The van der Waals surface area contributed by atoms with Crippen LogP contribution in [0.4, 0.5) is 5.82 Å². The van der Waals surface area contributed by atoms with Crippen LogP contribution in [0.15, 0.2) is 24.3 Å². The lowest BCUT2D eigenvalue weighted by atomic mass is 10.0. The summed E-state index contributed by atoms with van der Waals surface area (Å²) in [4.78, 5) is 8.85. The molecule has 0 aliphatic rings. The normalized spacial score (nSPS) is 11.0. The Morgan fingerprint density at radius 3 is 2.32 bits per heavy atom. The summed E-state index contributed by atoms with van der Waals surface area (Å²) < 4.78 is 0.928. The van der Waals surface area contributed by atoms with E-state index in [9.17, 15) is 0 Å². The number of benzene rings is 1. The zero-order valence-corrected chi connectivity index (χ0v) is 13.6. The molecule has 0 fully saturated rings. The van der Waals surface area contributed by atoms with E-state index in [1.807, 2.05) is 6.92 Å². The molecular formula is C15H18IN3. The molecule has 0 amide bonds. The highest BCUT2D eigenvalue weighted by Gasteiger charge is 2.08. The van der Waals surface area contributed by atoms with E-state index < -0.39 is 0 Å². The first-order valence-corrected chi connectivity index (χ1v) is 7.44. The van der Waals surface area contributed by atoms with Gasteiger partial charge in [0, 0.05) is 5.56 Å². The van der Waals surface area contributed by atoms with Crippen molar-refractivity contribution in [3.63, 3.8) is 0 Å². The third kappa shape index (κ3) is 3.43. The van der Waals surface area contributed by atoms with Gasteiger partial charge in [-0.1, -0.05) is 38.1 Å². The Bertz CT molecular complexity index is 553. The van der Waals surface area contributed by atoms with E-state index in [2.05, 4.69) is 70.7 Å². The van der Waals surface area contributed by atoms with E-state index in [1.54, 1.807) is 0 Å². The summed E-state index contributed by atoms with van der Waals surface area (Å²) in [5, 5.41) is 0. The van der Waals surface area contributed by atoms with Crippen molar-refractivity contribution in [2.45, 2.75) is 27.2 Å². The Labute approximate surface area is 127 Å². The Morgan fingerprint density at radius 2 is 1.79 bits per heavy atom. The average molecular weight is 367 g/mol. The van der Waals surface area contributed by atoms with Crippen LogP contribution >= 0.6 is 22.6 Å². The van der Waals surface area contributed by atoms with Crippen molar-refractivity contribution in [3.8, 4) is 11.4 Å². The van der Waals surface area contributed by atoms with Gasteiger partial charge in [0.05, 0.1) is 9.26 Å². The summed E-state index contributed by atoms with van der Waals surface area (Å²) >= 11 is 2.17. The fourth-order valence-corrected chi connectivity index (χ4v) is 2.21. The Balaban J connectivity index is 2.32. The molecule has 19 heavy (non-hydrogen) atoms. The first-order valence-electron chi connectivity index (χ1n) is 6.36. The molecule has 0 saturated heterocycles. The number of aryl methyl sites for hydroxylation is 1. The van der Waals surface area contributed by atoms with Gasteiger partial charge in [0.1, 0.15) is 5.82 Å². The molecule has 3 nitrogen and oxygen atoms in total. The number of nitrogens with two attached hydrogens (primary N) is 1. The molecule has 0 radical (unpaired) electrons. The molecule has 2 aromatic rings. The van der Waals surface area contributed by atoms with Gasteiger partial charge in [-0.3, -0.25) is 0 Å². The molecule has 0 atom stereocenters. The van der Waals surface area contributed by atoms with Gasteiger partial charge >= 0.3 is 0 Å². The lowest BCUT2D eigenvalue weighted by Gasteiger charge is -2.08. The highest BCUT2D eigenvalue weighted by atomic mass is 127. The van der Waals surface area contributed by atoms with Crippen LogP contribution in [0.5, 0.6) is 0 Å². The van der Waals surface area contributed by atoms with Crippen LogP contribution < -0.4 is 5.73 Å². The van der Waals surface area contributed by atoms with Gasteiger partial charge in [0.25, 0.3) is 0 Å². The van der Waals surface area contributed by atoms with Crippen LogP contribution in [0.25, 0.3) is 11.4 Å². The van der Waals surface area contributed by atoms with Crippen LogP contribution in [0.2, 0.25) is 0 Å². The van der Waals surface area contributed by atoms with E-state index in [0.717, 1.165) is 21.2 Å². The van der Waals surface area contributed by atoms with Gasteiger partial charge in [-0.15, -0.1) is 0 Å². The van der Waals surface area contributed by atoms with Gasteiger partial charge in [-0.05, 0) is 47.4 Å². The van der Waals surface area contributed by atoms with Gasteiger partial charge < -0.3 is 5.73 Å². The van der Waals surface area contributed by atoms with Crippen molar-refractivity contribution in [1.82, 2.24) is 9.97 Å². The van der Waals surface area contributed by atoms with Crippen LogP contribution in [-0.4, -0.2) is 9.97 Å². The number of nitrogen functional groups attached to an aromatic ring is 1. The molecule has 4 heteroatoms. The lowest BCUT2D eigenvalue weighted by molar-refractivity contribution is 0.647. The molecule has 1 aromatic heterocycles. The topological polar surface area (TPSA) is 51.8 Å². The fourth-order valence-electron chi connectivity index (χ4n) is 1.97. The minimum Gasteiger partial charge on any atom is -0.383 e. The molecule has 0 bridgehead atoms. The molecule has 0 aliphatic carbocycles. The fraction of sp³-hybridized carbons (Fsp3) is 0.333. The van der Waals surface area contributed by atoms with Crippen molar-refractivity contribution in [2.75, 3.05) is 5.73 Å². The molecule has 2 rings (SSSR count). The first-order chi connectivity index (χ1) is 8.97. The molecule has 0 spiro atoms. The summed E-state index contributed by atoms with van der Waals surface area (Å²) in [6.45, 7) is 6.40. The minimum absolute atomic E-state index is 0.550. The predicted octanol–water partition coefficient (Wildman–Crippen LogP) is 3.84. The number of aromatic nitrogens is 2. The molecule has 2 N–H and O–H groups in total. The highest BCUT2D eigenvalue weighted by Crippen LogP contribution is 2.22. The third-order valence-corrected chi connectivity index (χ3v) is 4.23. The van der Waals surface area contributed by atoms with Crippen LogP contribution in [-0.2, 0) is 6.42 Å². The second-order valence-electron chi connectivity index (χ2n) is 5.13. The minimum atomic E-state index is 0.550. The van der Waals surface area contributed by atoms with Crippen LogP contribution in [0, 0.1) is 16.4 Å². The summed E-state index contributed by atoms with van der Waals surface area (Å²) in [5.74, 6) is 1.92. The first kappa shape index (κ1) is 14.2. The van der Waals surface area contributed by atoms with Crippen LogP contribution in [0.1, 0.15) is 25.1 Å². The molecule has 100 valence electrons. The predicted molar refractivity (Wildman–Crippen MR) is 87.9 cm³/mol. The summed E-state index contributed by atoms with van der Waals surface area (Å²) in [6.07, 6.45) is 1.09. The summed E-state index contributed by atoms with van der Waals surface area (Å²) in [5.41, 5.74) is 9.18. The number of halogens is 1. The molecule has 0 aliphatic heterocycles. The lowest BCUT2D eigenvalue weighted by Crippen LogP contribution is -2.02. The molecular weight excluding hydrogens is 349 g/mol. The maximum absolute atomic E-state index is 5.90. The zero-order valence-electron chi connectivity index (χ0n) is 11.4. The summed E-state index contributed by atoms with van der Waals surface area (Å²) in [6, 6.07) is 8.42. The molecule has 0 unspecified atom stereocenters. The second kappa shape index (κ2) is 5.86. The van der Waals surface area contributed by atoms with E-state index in [0.29, 0.717) is 17.6 Å². The number of rotatable bonds is 3. The number of nitrogens with zero attached hydrogens (tertiary/aromatic N) is 2. The average Bonchev–Trinajstić information content (AvgIpc) is 2.35. The van der Waals surface area contributed by atoms with Crippen molar-refractivity contribution < 1.29 is 0 Å². The van der Waals surface area contributed by atoms with Gasteiger partial charge in [-0.25, -0.2) is 9.97 Å². The van der Waals surface area contributed by atoms with Gasteiger partial charge in [0.2, 0.25) is 0 Å². The van der Waals surface area contributed by atoms with Gasteiger partial charge in [-0.2, -0.15) is 0 Å². The van der Waals surface area contributed by atoms with E-state index >= 15 is 0 Å². The highest BCUT2D eigenvalue weighted by molar-refractivity contribution is 14.1. The standard InChI is InChI=1S/C15H18IN3/c1-9(2)8-11-4-6-12(7-5-11)15-18-10(3)13(16)14(17)19-15/h4-7,9H,8H2,1-3H3,(H2,17,18,19). The van der Waals surface area contributed by atoms with Crippen molar-refractivity contribution >= 4 is 28.4 Å². The Kier molecular flexibility index (Phi) is 4.39. The summed E-state index contributed by atoms with van der Waals surface area (Å²) in [7, 11) is 0. The van der Waals surface area contributed by atoms with E-state index in [4.69, 9.17) is 5.73 Å². The van der Waals surface area contributed by atoms with Crippen molar-refractivity contribution in [2.24, 2.45) is 5.92 Å². The molecule has 1 aromatic carbocycles. The number of anilines is 1. The Hall–Kier alpha value is -1.17. The van der Waals surface area contributed by atoms with Gasteiger partial charge in [0.15, 0.2) is 5.82 Å². The van der Waals surface area contributed by atoms with E-state index in [-0.39, 0.29) is 0 Å². The largest absolute Gasteiger partial charge is 0.383 e. The maximum Gasteiger partial charge on any atom is 0.161 e. The number of hydrogen-bond acceptors (Lipinski definition) is 3. The molecule has 0 saturated carbocycles. The maximum atomic E-state index is 5.90. The van der Waals surface area contributed by atoms with Crippen molar-refractivity contribution in [3.05, 3.63) is 39.1 Å². The zero-order chi connectivity index (χ0) is 14.0. The molecule has 1 heterocycles. The SMILES string of the molecule is Cc1nc(-c2ccc(CC(C)C)cc2)nc(N)c1I. The van der Waals surface area contributed by atoms with E-state index in [1.165, 1.54) is 5.56 Å². The number of hydrogen-bond donors (Lipinski definition) is 1.